The first kappa shape index (κ1) is 18.5. The first-order valence-electron chi connectivity index (χ1n) is 11.6. The number of unbranched alkanes of at least 4 members (excludes halogenated alkanes) is 3. The van der Waals surface area contributed by atoms with Crippen LogP contribution in [0, 0.1) is 47.3 Å². The smallest absolute Gasteiger partial charge is 0.233 e. The van der Waals surface area contributed by atoms with Crippen LogP contribution in [0.2, 0.25) is 0 Å². The van der Waals surface area contributed by atoms with Gasteiger partial charge in [0, 0.05) is 13.1 Å². The lowest BCUT2D eigenvalue weighted by molar-refractivity contribution is -0.142. The molecule has 6 aliphatic rings. The number of hydrogen-bond acceptors (Lipinski definition) is 4. The predicted molar refractivity (Wildman–Crippen MR) is 107 cm³/mol. The van der Waals surface area contributed by atoms with Gasteiger partial charge in [0.2, 0.25) is 23.6 Å². The van der Waals surface area contributed by atoms with Crippen molar-refractivity contribution in [1.29, 1.82) is 0 Å². The fourth-order valence-corrected chi connectivity index (χ4v) is 7.26. The van der Waals surface area contributed by atoms with Crippen LogP contribution in [0.15, 0.2) is 24.3 Å². The summed E-state index contributed by atoms with van der Waals surface area (Å²) >= 11 is 0. The molecular formula is C24H28N2O4. The molecule has 0 N–H and O–H groups in total. The number of nitrogens with zero attached hydrogens (tertiary/aromatic N) is 2. The molecule has 0 spiro atoms. The number of carbonyl (C=O) groups is 4. The topological polar surface area (TPSA) is 74.8 Å². The Morgan fingerprint density at radius 2 is 0.833 bits per heavy atom. The number of amides is 4. The second-order valence-electron chi connectivity index (χ2n) is 10.1. The fraction of sp³-hybridized carbons (Fsp3) is 0.667. The molecule has 2 saturated carbocycles. The van der Waals surface area contributed by atoms with E-state index in [1.165, 1.54) is 9.80 Å². The summed E-state index contributed by atoms with van der Waals surface area (Å²) in [5.74, 6) is 0.762. The summed E-state index contributed by atoms with van der Waals surface area (Å²) in [4.78, 5) is 53.8. The van der Waals surface area contributed by atoms with Crippen molar-refractivity contribution in [2.75, 3.05) is 13.1 Å². The lowest BCUT2D eigenvalue weighted by Crippen LogP contribution is -2.34. The van der Waals surface area contributed by atoms with Gasteiger partial charge in [0.15, 0.2) is 0 Å². The van der Waals surface area contributed by atoms with E-state index in [9.17, 15) is 19.2 Å². The van der Waals surface area contributed by atoms with Crippen molar-refractivity contribution in [1.82, 2.24) is 9.80 Å². The highest BCUT2D eigenvalue weighted by Crippen LogP contribution is 2.53. The van der Waals surface area contributed by atoms with Crippen molar-refractivity contribution in [3.63, 3.8) is 0 Å². The van der Waals surface area contributed by atoms with E-state index in [0.717, 1.165) is 38.5 Å². The predicted octanol–water partition coefficient (Wildman–Crippen LogP) is 2.16. The Labute approximate surface area is 176 Å². The molecule has 4 aliphatic carbocycles. The Kier molecular flexibility index (Phi) is 4.09. The molecule has 30 heavy (non-hydrogen) atoms. The Morgan fingerprint density at radius 3 is 1.13 bits per heavy atom. The van der Waals surface area contributed by atoms with E-state index in [1.807, 2.05) is 0 Å². The number of carbonyl (C=O) groups excluding carboxylic acids is 4. The minimum absolute atomic E-state index is 0.0323. The van der Waals surface area contributed by atoms with Crippen molar-refractivity contribution in [3.05, 3.63) is 24.3 Å². The molecule has 158 valence electrons. The van der Waals surface area contributed by atoms with Gasteiger partial charge in [0.1, 0.15) is 0 Å². The Hall–Kier alpha value is -2.24. The SMILES string of the molecule is O=C1[C@@H]2[C@H](C(=O)N1CCCCCCN1C(=O)[C@H]3[C@H](C1=O)[C@H]1C=C[C@H]3C1)[C@H]1C=C[C@H]2C1. The number of fused-ring (bicyclic) bond motifs is 10. The van der Waals surface area contributed by atoms with Gasteiger partial charge in [0.25, 0.3) is 0 Å². The van der Waals surface area contributed by atoms with Gasteiger partial charge in [0.05, 0.1) is 23.7 Å². The monoisotopic (exact) mass is 408 g/mol. The molecule has 2 saturated heterocycles. The van der Waals surface area contributed by atoms with Gasteiger partial charge in [-0.1, -0.05) is 37.1 Å². The molecule has 6 heteroatoms. The molecule has 0 aromatic heterocycles. The van der Waals surface area contributed by atoms with Crippen molar-refractivity contribution in [2.24, 2.45) is 47.3 Å². The summed E-state index contributed by atoms with van der Waals surface area (Å²) in [5, 5.41) is 0. The highest BCUT2D eigenvalue weighted by atomic mass is 16.2. The van der Waals surface area contributed by atoms with Crippen LogP contribution in [0.5, 0.6) is 0 Å². The third-order valence-electron chi connectivity index (χ3n) is 8.64. The van der Waals surface area contributed by atoms with E-state index in [2.05, 4.69) is 24.3 Å². The van der Waals surface area contributed by atoms with Crippen LogP contribution in [0.3, 0.4) is 0 Å². The summed E-state index contributed by atoms with van der Waals surface area (Å²) in [7, 11) is 0. The maximum Gasteiger partial charge on any atom is 0.233 e. The Morgan fingerprint density at radius 1 is 0.533 bits per heavy atom. The van der Waals surface area contributed by atoms with Gasteiger partial charge in [-0.3, -0.25) is 29.0 Å². The average molecular weight is 408 g/mol. The maximum absolute atomic E-state index is 12.7. The van der Waals surface area contributed by atoms with E-state index in [4.69, 9.17) is 0 Å². The molecule has 6 nitrogen and oxygen atoms in total. The number of imide groups is 2. The summed E-state index contributed by atoms with van der Waals surface area (Å²) < 4.78 is 0. The van der Waals surface area contributed by atoms with Gasteiger partial charge in [-0.25, -0.2) is 0 Å². The van der Waals surface area contributed by atoms with Crippen molar-refractivity contribution in [3.8, 4) is 0 Å². The first-order valence-corrected chi connectivity index (χ1v) is 11.6. The molecule has 0 aromatic carbocycles. The highest BCUT2D eigenvalue weighted by Gasteiger charge is 2.60. The zero-order chi connectivity index (χ0) is 20.6. The molecule has 4 bridgehead atoms. The summed E-state index contributed by atoms with van der Waals surface area (Å²) in [5.41, 5.74) is 0. The largest absolute Gasteiger partial charge is 0.282 e. The van der Waals surface area contributed by atoms with E-state index < -0.39 is 0 Å². The van der Waals surface area contributed by atoms with Gasteiger partial charge in [-0.2, -0.15) is 0 Å². The van der Waals surface area contributed by atoms with Gasteiger partial charge < -0.3 is 0 Å². The minimum atomic E-state index is -0.107. The molecule has 0 radical (unpaired) electrons. The number of rotatable bonds is 7. The maximum atomic E-state index is 12.7. The van der Waals surface area contributed by atoms with Crippen LogP contribution >= 0.6 is 0 Å². The summed E-state index contributed by atoms with van der Waals surface area (Å²) in [6.07, 6.45) is 13.8. The Balaban J connectivity index is 0.954. The molecule has 2 heterocycles. The quantitative estimate of drug-likeness (QED) is 0.368. The fourth-order valence-electron chi connectivity index (χ4n) is 7.26. The summed E-state index contributed by atoms with van der Waals surface area (Å²) in [6.45, 7) is 1.01. The molecule has 2 aliphatic heterocycles. The zero-order valence-electron chi connectivity index (χ0n) is 17.1. The molecule has 0 unspecified atom stereocenters. The number of likely N-dealkylation sites (tertiary alicyclic amines) is 2. The highest BCUT2D eigenvalue weighted by molar-refractivity contribution is 6.07. The molecule has 4 fully saturated rings. The van der Waals surface area contributed by atoms with Crippen LogP contribution < -0.4 is 0 Å². The molecule has 8 atom stereocenters. The van der Waals surface area contributed by atoms with Crippen LogP contribution in [-0.4, -0.2) is 46.5 Å². The van der Waals surface area contributed by atoms with Crippen molar-refractivity contribution in [2.45, 2.75) is 38.5 Å². The number of allylic oxidation sites excluding steroid dienone is 4. The molecule has 4 amide bonds. The van der Waals surface area contributed by atoms with Gasteiger partial charge >= 0.3 is 0 Å². The normalized spacial score (nSPS) is 42.4. The first-order chi connectivity index (χ1) is 14.6. The lowest BCUT2D eigenvalue weighted by atomic mass is 9.85. The third-order valence-corrected chi connectivity index (χ3v) is 8.64. The average Bonchev–Trinajstić information content (AvgIpc) is 3.56. The van der Waals surface area contributed by atoms with Crippen LogP contribution in [0.25, 0.3) is 0 Å². The standard InChI is InChI=1S/C24H28N2O4/c27-21-17-13-5-6-14(11-13)18(17)22(28)25(21)9-3-1-2-4-10-26-23(29)19-15-7-8-16(12-15)20(19)24(26)30/h5-8,13-20H,1-4,9-12H2/t13-,14-,15-,16-,17-,18+,19+,20+/m0/s1. The van der Waals surface area contributed by atoms with Crippen LogP contribution in [0.4, 0.5) is 0 Å². The van der Waals surface area contributed by atoms with Crippen molar-refractivity contribution >= 4 is 23.6 Å². The van der Waals surface area contributed by atoms with Crippen LogP contribution in [0.1, 0.15) is 38.5 Å². The van der Waals surface area contributed by atoms with Gasteiger partial charge in [-0.15, -0.1) is 0 Å². The molecule has 0 aromatic rings. The molecule has 6 rings (SSSR count). The van der Waals surface area contributed by atoms with Crippen LogP contribution in [-0.2, 0) is 19.2 Å². The summed E-state index contributed by atoms with van der Waals surface area (Å²) in [6, 6.07) is 0. The van der Waals surface area contributed by atoms with Crippen molar-refractivity contribution < 1.29 is 19.2 Å². The Bertz CT molecular complexity index is 760. The third kappa shape index (κ3) is 2.42. The second kappa shape index (κ2) is 6.63. The zero-order valence-corrected chi connectivity index (χ0v) is 17.1. The molecular weight excluding hydrogens is 380 g/mol. The lowest BCUT2D eigenvalue weighted by Gasteiger charge is -2.18. The number of hydrogen-bond donors (Lipinski definition) is 0. The van der Waals surface area contributed by atoms with E-state index in [1.54, 1.807) is 0 Å². The van der Waals surface area contributed by atoms with E-state index in [-0.39, 0.29) is 71.0 Å². The van der Waals surface area contributed by atoms with Gasteiger partial charge in [-0.05, 0) is 49.4 Å². The van der Waals surface area contributed by atoms with E-state index in [0.29, 0.717) is 13.1 Å². The van der Waals surface area contributed by atoms with E-state index >= 15 is 0 Å². The minimum Gasteiger partial charge on any atom is -0.282 e. The second-order valence-corrected chi connectivity index (χ2v) is 10.1.